The predicted octanol–water partition coefficient (Wildman–Crippen LogP) is 18.4. The van der Waals surface area contributed by atoms with Crippen LogP contribution in [0, 0.1) is 0 Å². The maximum Gasteiger partial charge on any atom is 0.129 e. The molecule has 0 unspecified atom stereocenters. The van der Waals surface area contributed by atoms with Crippen LogP contribution in [0.4, 0.5) is 0 Å². The second-order valence-electron chi connectivity index (χ2n) is 22.1. The monoisotopic (exact) mass is 1210 g/mol. The van der Waals surface area contributed by atoms with Crippen LogP contribution < -0.4 is 37.9 Å². The SMILES string of the molecule is c1ccc(COc2cc(COc3cccc(OCc4cc(OCc5ccccc5)cc(OCc5ccccc5)c4)c3COC[C@H](CCCc3c(OCc4ccccc4)cccc3OCc3ccccc3)OCc3ccccc3)cc(OCc3ccccc3)c2)cc1. The van der Waals surface area contributed by atoms with Crippen LogP contribution in [0.25, 0.3) is 0 Å². The van der Waals surface area contributed by atoms with Gasteiger partial charge < -0.3 is 47.4 Å². The molecule has 11 aromatic rings. The Hall–Kier alpha value is -10.3. The first-order chi connectivity index (χ1) is 45.1. The van der Waals surface area contributed by atoms with Crippen LogP contribution in [0.5, 0.6) is 46.0 Å². The molecular weight excluding hydrogens is 1130 g/mol. The molecule has 0 spiro atoms. The van der Waals surface area contributed by atoms with Crippen molar-refractivity contribution >= 4 is 0 Å². The fraction of sp³-hybridized carbons (Fsp3) is 0.185. The van der Waals surface area contributed by atoms with E-state index in [4.69, 9.17) is 47.4 Å². The molecule has 0 bridgehead atoms. The van der Waals surface area contributed by atoms with Gasteiger partial charge in [-0.05, 0) is 118 Å². The van der Waals surface area contributed by atoms with Crippen molar-refractivity contribution in [2.45, 2.75) is 91.4 Å². The summed E-state index contributed by atoms with van der Waals surface area (Å²) in [6.07, 6.45) is 1.85. The molecule has 0 aliphatic carbocycles. The molecule has 0 amide bonds. The van der Waals surface area contributed by atoms with Crippen molar-refractivity contribution in [3.05, 3.63) is 346 Å². The van der Waals surface area contributed by atoms with E-state index in [1.807, 2.05) is 249 Å². The summed E-state index contributed by atoms with van der Waals surface area (Å²) in [6.45, 7) is 3.69. The molecule has 0 aliphatic rings. The fourth-order valence-electron chi connectivity index (χ4n) is 10.3. The third-order valence-electron chi connectivity index (χ3n) is 15.1. The van der Waals surface area contributed by atoms with Crippen molar-refractivity contribution in [1.82, 2.24) is 0 Å². The van der Waals surface area contributed by atoms with Gasteiger partial charge in [-0.2, -0.15) is 0 Å². The van der Waals surface area contributed by atoms with Gasteiger partial charge in [0.15, 0.2) is 0 Å². The molecule has 10 heteroatoms. The first-order valence-electron chi connectivity index (χ1n) is 31.1. The summed E-state index contributed by atoms with van der Waals surface area (Å²) in [5.74, 6) is 5.44. The molecule has 0 fully saturated rings. The van der Waals surface area contributed by atoms with Crippen LogP contribution in [0.2, 0.25) is 0 Å². The summed E-state index contributed by atoms with van der Waals surface area (Å²) in [5, 5.41) is 0. The zero-order chi connectivity index (χ0) is 61.8. The molecule has 0 aliphatic heterocycles. The second-order valence-corrected chi connectivity index (χ2v) is 22.1. The molecule has 0 N–H and O–H groups in total. The fourth-order valence-corrected chi connectivity index (χ4v) is 10.3. The van der Waals surface area contributed by atoms with E-state index in [-0.39, 0.29) is 32.5 Å². The van der Waals surface area contributed by atoms with Crippen LogP contribution in [0.1, 0.15) is 74.0 Å². The lowest BCUT2D eigenvalue weighted by molar-refractivity contribution is -0.0347. The Morgan fingerprint density at radius 2 is 0.505 bits per heavy atom. The lowest BCUT2D eigenvalue weighted by Crippen LogP contribution is -2.20. The summed E-state index contributed by atoms with van der Waals surface area (Å²) in [4.78, 5) is 0. The summed E-state index contributed by atoms with van der Waals surface area (Å²) in [5.41, 5.74) is 10.9. The van der Waals surface area contributed by atoms with Crippen LogP contribution in [-0.4, -0.2) is 12.7 Å². The highest BCUT2D eigenvalue weighted by Crippen LogP contribution is 2.35. The average Bonchev–Trinajstić information content (AvgIpc) is 2.59. The van der Waals surface area contributed by atoms with Crippen molar-refractivity contribution in [3.8, 4) is 46.0 Å². The van der Waals surface area contributed by atoms with E-state index >= 15 is 0 Å². The van der Waals surface area contributed by atoms with Crippen molar-refractivity contribution in [2.75, 3.05) is 6.61 Å². The third-order valence-corrected chi connectivity index (χ3v) is 15.1. The molecule has 460 valence electrons. The van der Waals surface area contributed by atoms with E-state index in [0.29, 0.717) is 93.6 Å². The summed E-state index contributed by atoms with van der Waals surface area (Å²) in [7, 11) is 0. The quantitative estimate of drug-likeness (QED) is 0.0382. The molecule has 1 atom stereocenters. The predicted molar refractivity (Wildman–Crippen MR) is 357 cm³/mol. The topological polar surface area (TPSA) is 92.3 Å². The van der Waals surface area contributed by atoms with Crippen molar-refractivity contribution in [3.63, 3.8) is 0 Å². The van der Waals surface area contributed by atoms with E-state index in [0.717, 1.165) is 79.1 Å². The van der Waals surface area contributed by atoms with Crippen LogP contribution in [0.3, 0.4) is 0 Å². The first kappa shape index (κ1) is 62.4. The highest BCUT2D eigenvalue weighted by atomic mass is 16.5. The minimum absolute atomic E-state index is 0.154. The summed E-state index contributed by atoms with van der Waals surface area (Å²) >= 11 is 0. The van der Waals surface area contributed by atoms with Crippen molar-refractivity contribution in [2.24, 2.45) is 0 Å². The van der Waals surface area contributed by atoms with Gasteiger partial charge in [0.1, 0.15) is 98.9 Å². The average molecular weight is 1210 g/mol. The van der Waals surface area contributed by atoms with E-state index in [2.05, 4.69) is 36.4 Å². The molecule has 0 saturated carbocycles. The van der Waals surface area contributed by atoms with Crippen LogP contribution in [-0.2, 0) is 82.0 Å². The van der Waals surface area contributed by atoms with Gasteiger partial charge in [-0.15, -0.1) is 0 Å². The Balaban J connectivity index is 0.852. The van der Waals surface area contributed by atoms with Crippen LogP contribution in [0.15, 0.2) is 285 Å². The number of hydrogen-bond acceptors (Lipinski definition) is 10. The first-order valence-corrected chi connectivity index (χ1v) is 31.1. The summed E-state index contributed by atoms with van der Waals surface area (Å²) in [6, 6.07) is 95.0. The zero-order valence-electron chi connectivity index (χ0n) is 51.2. The minimum Gasteiger partial charge on any atom is -0.489 e. The molecule has 0 heterocycles. The molecular formula is C81H76O10. The number of rotatable bonds is 35. The second kappa shape index (κ2) is 33.9. The zero-order valence-corrected chi connectivity index (χ0v) is 51.2. The van der Waals surface area contributed by atoms with E-state index in [1.54, 1.807) is 0 Å². The minimum atomic E-state index is -0.287. The molecule has 0 radical (unpaired) electrons. The Morgan fingerprint density at radius 3 is 0.824 bits per heavy atom. The van der Waals surface area contributed by atoms with E-state index in [9.17, 15) is 0 Å². The molecule has 10 nitrogen and oxygen atoms in total. The van der Waals surface area contributed by atoms with Gasteiger partial charge in [-0.3, -0.25) is 0 Å². The number of hydrogen-bond donors (Lipinski definition) is 0. The largest absolute Gasteiger partial charge is 0.489 e. The maximum absolute atomic E-state index is 6.87. The molecule has 0 aromatic heterocycles. The van der Waals surface area contributed by atoms with Crippen molar-refractivity contribution < 1.29 is 47.4 Å². The normalized spacial score (nSPS) is 11.3. The van der Waals surface area contributed by atoms with Crippen LogP contribution >= 0.6 is 0 Å². The van der Waals surface area contributed by atoms with Gasteiger partial charge in [-0.25, -0.2) is 0 Å². The smallest absolute Gasteiger partial charge is 0.129 e. The molecule has 11 aromatic carbocycles. The highest BCUT2D eigenvalue weighted by Gasteiger charge is 2.19. The lowest BCUT2D eigenvalue weighted by atomic mass is 10.0. The van der Waals surface area contributed by atoms with E-state index < -0.39 is 0 Å². The van der Waals surface area contributed by atoms with Gasteiger partial charge in [0.05, 0.1) is 31.5 Å². The van der Waals surface area contributed by atoms with Gasteiger partial charge in [0, 0.05) is 17.7 Å². The lowest BCUT2D eigenvalue weighted by Gasteiger charge is -2.21. The van der Waals surface area contributed by atoms with Gasteiger partial charge in [-0.1, -0.05) is 224 Å². The Bertz CT molecular complexity index is 3550. The maximum atomic E-state index is 6.87. The Labute approximate surface area is 535 Å². The number of benzene rings is 11. The highest BCUT2D eigenvalue weighted by molar-refractivity contribution is 5.47. The Kier molecular flexibility index (Phi) is 23.2. The molecule has 91 heavy (non-hydrogen) atoms. The van der Waals surface area contributed by atoms with Gasteiger partial charge in [0.25, 0.3) is 0 Å². The molecule has 11 rings (SSSR count). The number of ether oxygens (including phenoxy) is 10. The molecule has 0 saturated heterocycles. The van der Waals surface area contributed by atoms with E-state index in [1.165, 1.54) is 0 Å². The third kappa shape index (κ3) is 20.1. The van der Waals surface area contributed by atoms with Gasteiger partial charge >= 0.3 is 0 Å². The van der Waals surface area contributed by atoms with Gasteiger partial charge in [0.2, 0.25) is 0 Å². The Morgan fingerprint density at radius 1 is 0.231 bits per heavy atom. The van der Waals surface area contributed by atoms with Crippen molar-refractivity contribution in [1.29, 1.82) is 0 Å². The standard InChI is InChI=1S/C81H76O10/c1-8-25-62(26-9-1)51-83-71(39-22-40-76-78(88-56-67-35-18-6-19-36-67)41-23-42-79(76)89-57-68-37-20-7-21-38-68)60-82-61-77-80(90-58-69-45-72(84-52-63-27-10-2-11-28-63)49-73(46-69)85-53-64-29-12-3-13-30-64)43-24-44-81(77)91-59-70-47-74(86-54-65-31-14-4-15-32-65)50-75(48-70)87-55-66-33-16-5-17-34-66/h1-21,23-38,41-50,71H,22,39-40,51-61H2/t71-/m0/s1. The summed E-state index contributed by atoms with van der Waals surface area (Å²) < 4.78 is 66.1.